The topological polar surface area (TPSA) is 104 Å². The van der Waals surface area contributed by atoms with Gasteiger partial charge in [0.25, 0.3) is 0 Å². The van der Waals surface area contributed by atoms with Gasteiger partial charge in [-0.25, -0.2) is 17.8 Å². The average molecular weight is 347 g/mol. The minimum atomic E-state index is -3.80. The van der Waals surface area contributed by atoms with E-state index in [0.29, 0.717) is 17.0 Å². The molecular formula is C15H13N3O5S. The number of nitrogens with one attached hydrogen (secondary N) is 1. The summed E-state index contributed by atoms with van der Waals surface area (Å²) < 4.78 is 43.2. The number of fused-ring (bicyclic) bond motifs is 2. The maximum Gasteiger partial charge on any atom is 0.243 e. The van der Waals surface area contributed by atoms with Gasteiger partial charge in [-0.05, 0) is 47.1 Å². The van der Waals surface area contributed by atoms with E-state index in [-0.39, 0.29) is 17.2 Å². The van der Waals surface area contributed by atoms with Crippen LogP contribution in [0.1, 0.15) is 18.5 Å². The van der Waals surface area contributed by atoms with E-state index in [1.165, 1.54) is 6.07 Å². The Morgan fingerprint density at radius 3 is 2.83 bits per heavy atom. The molecule has 24 heavy (non-hydrogen) atoms. The largest absolute Gasteiger partial charge is 0.454 e. The molecule has 0 radical (unpaired) electrons. The van der Waals surface area contributed by atoms with Crippen LogP contribution in [0.2, 0.25) is 0 Å². The Balaban J connectivity index is 1.65. The van der Waals surface area contributed by atoms with Gasteiger partial charge in [-0.2, -0.15) is 0 Å². The lowest BCUT2D eigenvalue weighted by Crippen LogP contribution is -2.27. The van der Waals surface area contributed by atoms with Crippen LogP contribution in [0.15, 0.2) is 45.9 Å². The van der Waals surface area contributed by atoms with E-state index in [9.17, 15) is 8.42 Å². The molecule has 3 aromatic rings. The zero-order valence-electron chi connectivity index (χ0n) is 12.6. The van der Waals surface area contributed by atoms with E-state index in [1.54, 1.807) is 37.3 Å². The zero-order valence-corrected chi connectivity index (χ0v) is 13.4. The van der Waals surface area contributed by atoms with Gasteiger partial charge in [0.05, 0.1) is 0 Å². The van der Waals surface area contributed by atoms with Crippen LogP contribution in [0, 0.1) is 0 Å². The molecule has 0 saturated carbocycles. The molecule has 9 heteroatoms. The number of ether oxygens (including phenoxy) is 2. The summed E-state index contributed by atoms with van der Waals surface area (Å²) in [6, 6.07) is 9.51. The molecule has 2 heterocycles. The molecule has 0 fully saturated rings. The Labute approximate surface area is 137 Å². The molecule has 0 bridgehead atoms. The minimum absolute atomic E-state index is 0.0221. The van der Waals surface area contributed by atoms with Crippen LogP contribution >= 0.6 is 0 Å². The molecule has 124 valence electrons. The van der Waals surface area contributed by atoms with Crippen molar-refractivity contribution in [2.45, 2.75) is 17.9 Å². The van der Waals surface area contributed by atoms with E-state index < -0.39 is 16.1 Å². The molecular weight excluding hydrogens is 334 g/mol. The van der Waals surface area contributed by atoms with Crippen LogP contribution in [-0.4, -0.2) is 25.5 Å². The van der Waals surface area contributed by atoms with Crippen molar-refractivity contribution in [3.05, 3.63) is 42.0 Å². The highest BCUT2D eigenvalue weighted by atomic mass is 32.2. The molecule has 0 amide bonds. The Morgan fingerprint density at radius 2 is 1.96 bits per heavy atom. The van der Waals surface area contributed by atoms with Gasteiger partial charge in [-0.3, -0.25) is 0 Å². The number of rotatable bonds is 4. The van der Waals surface area contributed by atoms with Crippen LogP contribution in [0.25, 0.3) is 11.0 Å². The highest BCUT2D eigenvalue weighted by Gasteiger charge is 2.24. The zero-order chi connectivity index (χ0) is 16.7. The molecule has 1 N–H and O–H groups in total. The molecule has 0 saturated heterocycles. The smallest absolute Gasteiger partial charge is 0.243 e. The first kappa shape index (κ1) is 14.9. The normalized spacial score (nSPS) is 14.9. The molecule has 8 nitrogen and oxygen atoms in total. The summed E-state index contributed by atoms with van der Waals surface area (Å²) in [5.41, 5.74) is 1.34. The number of benzene rings is 2. The standard InChI is InChI=1S/C15H13N3O5S/c1-9(10-5-6-12-13(7-10)22-8-21-12)18-24(19,20)14-4-2-3-11-15(14)17-23-16-11/h2-7,9,18H,8H2,1H3/t9-/m0/s1. The van der Waals surface area contributed by atoms with E-state index in [0.717, 1.165) is 5.56 Å². The van der Waals surface area contributed by atoms with Crippen molar-refractivity contribution in [1.29, 1.82) is 0 Å². The van der Waals surface area contributed by atoms with Crippen molar-refractivity contribution in [2.75, 3.05) is 6.79 Å². The van der Waals surface area contributed by atoms with Gasteiger partial charge in [0.1, 0.15) is 10.4 Å². The van der Waals surface area contributed by atoms with Crippen LogP contribution in [0.4, 0.5) is 0 Å². The first-order valence-corrected chi connectivity index (χ1v) is 8.66. The summed E-state index contributed by atoms with van der Waals surface area (Å²) in [6.07, 6.45) is 0. The van der Waals surface area contributed by atoms with E-state index in [1.807, 2.05) is 0 Å². The fourth-order valence-corrected chi connectivity index (χ4v) is 3.93. The van der Waals surface area contributed by atoms with E-state index in [2.05, 4.69) is 19.7 Å². The van der Waals surface area contributed by atoms with Crippen molar-refractivity contribution in [2.24, 2.45) is 0 Å². The van der Waals surface area contributed by atoms with E-state index >= 15 is 0 Å². The van der Waals surface area contributed by atoms with Gasteiger partial charge >= 0.3 is 0 Å². The second-order valence-corrected chi connectivity index (χ2v) is 7.03. The Bertz CT molecular complexity index is 1010. The molecule has 0 unspecified atom stereocenters. The monoisotopic (exact) mass is 347 g/mol. The first-order valence-electron chi connectivity index (χ1n) is 7.18. The molecule has 1 aliphatic heterocycles. The van der Waals surface area contributed by atoms with Crippen molar-refractivity contribution in [1.82, 2.24) is 15.0 Å². The Morgan fingerprint density at radius 1 is 1.12 bits per heavy atom. The van der Waals surface area contributed by atoms with Crippen LogP contribution in [-0.2, 0) is 10.0 Å². The van der Waals surface area contributed by atoms with Gasteiger partial charge in [-0.15, -0.1) is 0 Å². The molecule has 1 aromatic heterocycles. The second-order valence-electron chi connectivity index (χ2n) is 5.34. The second kappa shape index (κ2) is 5.46. The predicted molar refractivity (Wildman–Crippen MR) is 83.1 cm³/mol. The summed E-state index contributed by atoms with van der Waals surface area (Å²) >= 11 is 0. The van der Waals surface area contributed by atoms with Gasteiger partial charge in [-0.1, -0.05) is 12.1 Å². The fourth-order valence-electron chi connectivity index (χ4n) is 2.54. The molecule has 2 aromatic carbocycles. The molecule has 1 aliphatic rings. The number of sulfonamides is 1. The quantitative estimate of drug-likeness (QED) is 0.769. The maximum absolute atomic E-state index is 12.7. The third-order valence-electron chi connectivity index (χ3n) is 3.77. The summed E-state index contributed by atoms with van der Waals surface area (Å²) in [5.74, 6) is 1.24. The third-order valence-corrected chi connectivity index (χ3v) is 5.34. The van der Waals surface area contributed by atoms with Crippen LogP contribution in [0.3, 0.4) is 0 Å². The average Bonchev–Trinajstić information content (AvgIpc) is 3.21. The summed E-state index contributed by atoms with van der Waals surface area (Å²) in [5, 5.41) is 7.33. The highest BCUT2D eigenvalue weighted by Crippen LogP contribution is 2.34. The Hall–Kier alpha value is -2.65. The number of aromatic nitrogens is 2. The number of nitrogens with zero attached hydrogens (tertiary/aromatic N) is 2. The van der Waals surface area contributed by atoms with Crippen LogP contribution < -0.4 is 14.2 Å². The number of hydrogen-bond donors (Lipinski definition) is 1. The third kappa shape index (κ3) is 2.47. The fraction of sp³-hybridized carbons (Fsp3) is 0.200. The number of hydrogen-bond acceptors (Lipinski definition) is 7. The molecule has 0 aliphatic carbocycles. The Kier molecular flexibility index (Phi) is 3.39. The summed E-state index contributed by atoms with van der Waals surface area (Å²) in [6.45, 7) is 1.91. The van der Waals surface area contributed by atoms with E-state index in [4.69, 9.17) is 9.47 Å². The van der Waals surface area contributed by atoms with Crippen molar-refractivity contribution in [3.63, 3.8) is 0 Å². The SMILES string of the molecule is C[C@H](NS(=O)(=O)c1cccc2nonc12)c1ccc2c(c1)OCO2. The predicted octanol–water partition coefficient (Wildman–Crippen LogP) is 1.99. The van der Waals surface area contributed by atoms with Gasteiger partial charge < -0.3 is 9.47 Å². The van der Waals surface area contributed by atoms with Crippen molar-refractivity contribution < 1.29 is 22.5 Å². The molecule has 1 atom stereocenters. The lowest BCUT2D eigenvalue weighted by atomic mass is 10.1. The molecule has 0 spiro atoms. The highest BCUT2D eigenvalue weighted by molar-refractivity contribution is 7.89. The maximum atomic E-state index is 12.7. The minimum Gasteiger partial charge on any atom is -0.454 e. The van der Waals surface area contributed by atoms with Crippen molar-refractivity contribution in [3.8, 4) is 11.5 Å². The van der Waals surface area contributed by atoms with Crippen molar-refractivity contribution >= 4 is 21.1 Å². The van der Waals surface area contributed by atoms with Gasteiger partial charge in [0.2, 0.25) is 16.8 Å². The molecule has 4 rings (SSSR count). The summed E-state index contributed by atoms with van der Waals surface area (Å²) in [7, 11) is -3.80. The first-order chi connectivity index (χ1) is 11.5. The summed E-state index contributed by atoms with van der Waals surface area (Å²) in [4.78, 5) is 0.0221. The lowest BCUT2D eigenvalue weighted by Gasteiger charge is -2.15. The lowest BCUT2D eigenvalue weighted by molar-refractivity contribution is 0.174. The van der Waals surface area contributed by atoms with Gasteiger partial charge in [0.15, 0.2) is 17.0 Å². The van der Waals surface area contributed by atoms with Crippen LogP contribution in [0.5, 0.6) is 11.5 Å². The van der Waals surface area contributed by atoms with Gasteiger partial charge in [0, 0.05) is 6.04 Å².